The lowest BCUT2D eigenvalue weighted by Crippen LogP contribution is -2.46. The molecule has 0 saturated carbocycles. The van der Waals surface area contributed by atoms with Crippen LogP contribution in [0, 0.1) is 12.3 Å². The molecule has 0 radical (unpaired) electrons. The number of esters is 1. The van der Waals surface area contributed by atoms with E-state index in [-0.39, 0.29) is 5.97 Å². The fourth-order valence-corrected chi connectivity index (χ4v) is 3.84. The van der Waals surface area contributed by atoms with E-state index in [1.807, 2.05) is 44.2 Å². The van der Waals surface area contributed by atoms with Crippen LogP contribution in [0.25, 0.3) is 0 Å². The van der Waals surface area contributed by atoms with Crippen molar-refractivity contribution < 1.29 is 18.7 Å². The van der Waals surface area contributed by atoms with Crippen LogP contribution in [0.2, 0.25) is 0 Å². The summed E-state index contributed by atoms with van der Waals surface area (Å²) in [6.45, 7) is 6.72. The fraction of sp³-hybridized carbons (Fsp3) is 0.500. The molecule has 1 aromatic heterocycles. The Balaban J connectivity index is 1.71. The maximum Gasteiger partial charge on any atom is 0.312 e. The Labute approximate surface area is 161 Å². The topological polar surface area (TPSA) is 51.9 Å². The lowest BCUT2D eigenvalue weighted by atomic mass is 9.73. The number of nitrogens with zero attached hydrogens (tertiary/aromatic N) is 1. The minimum Gasteiger partial charge on any atom is -0.497 e. The van der Waals surface area contributed by atoms with Crippen LogP contribution >= 0.6 is 0 Å². The highest BCUT2D eigenvalue weighted by molar-refractivity contribution is 5.77. The molecule has 0 atom stereocenters. The van der Waals surface area contributed by atoms with Gasteiger partial charge in [0.25, 0.3) is 0 Å². The van der Waals surface area contributed by atoms with E-state index in [0.717, 1.165) is 55.3 Å². The third-order valence-electron chi connectivity index (χ3n) is 5.37. The van der Waals surface area contributed by atoms with Crippen molar-refractivity contribution in [3.63, 3.8) is 0 Å². The Kier molecular flexibility index (Phi) is 6.22. The van der Waals surface area contributed by atoms with Crippen LogP contribution in [-0.2, 0) is 22.5 Å². The van der Waals surface area contributed by atoms with E-state index < -0.39 is 5.41 Å². The predicted octanol–water partition coefficient (Wildman–Crippen LogP) is 3.98. The maximum absolute atomic E-state index is 12.9. The number of hydrogen-bond acceptors (Lipinski definition) is 5. The second kappa shape index (κ2) is 8.61. The number of ether oxygens (including phenoxy) is 2. The third-order valence-corrected chi connectivity index (χ3v) is 5.37. The molecule has 2 aromatic rings. The van der Waals surface area contributed by atoms with Gasteiger partial charge in [-0.05, 0) is 76.0 Å². The van der Waals surface area contributed by atoms with Gasteiger partial charge in [-0.2, -0.15) is 0 Å². The van der Waals surface area contributed by atoms with Gasteiger partial charge in [0.05, 0.1) is 25.7 Å². The zero-order valence-electron chi connectivity index (χ0n) is 16.5. The number of benzene rings is 1. The number of rotatable bonds is 7. The summed E-state index contributed by atoms with van der Waals surface area (Å²) in [5.74, 6) is 2.64. The first-order valence-corrected chi connectivity index (χ1v) is 9.62. The molecule has 0 aliphatic carbocycles. The number of methoxy groups -OCH3 is 1. The maximum atomic E-state index is 12.9. The molecular weight excluding hydrogens is 342 g/mol. The molecule has 1 aromatic carbocycles. The molecule has 5 nitrogen and oxygen atoms in total. The molecule has 0 amide bonds. The van der Waals surface area contributed by atoms with Gasteiger partial charge in [0.2, 0.25) is 0 Å². The van der Waals surface area contributed by atoms with Crippen LogP contribution in [0.1, 0.15) is 36.8 Å². The van der Waals surface area contributed by atoms with Gasteiger partial charge in [0.15, 0.2) is 0 Å². The first-order chi connectivity index (χ1) is 13.0. The summed E-state index contributed by atoms with van der Waals surface area (Å²) in [4.78, 5) is 15.2. The quantitative estimate of drug-likeness (QED) is 0.689. The van der Waals surface area contributed by atoms with Crippen molar-refractivity contribution in [2.45, 2.75) is 39.7 Å². The highest BCUT2D eigenvalue weighted by Crippen LogP contribution is 2.37. The SMILES string of the molecule is CCOC(=O)C1(Cc2cccc(OC)c2)CCN(Cc2ccc(C)o2)CC1. The van der Waals surface area contributed by atoms with Crippen LogP contribution in [0.15, 0.2) is 40.8 Å². The molecule has 146 valence electrons. The molecule has 0 N–H and O–H groups in total. The van der Waals surface area contributed by atoms with Gasteiger partial charge < -0.3 is 13.9 Å². The third kappa shape index (κ3) is 4.72. The van der Waals surface area contributed by atoms with Crippen molar-refractivity contribution in [2.75, 3.05) is 26.8 Å². The summed E-state index contributed by atoms with van der Waals surface area (Å²) in [5, 5.41) is 0. The lowest BCUT2D eigenvalue weighted by molar-refractivity contribution is -0.158. The zero-order valence-corrected chi connectivity index (χ0v) is 16.5. The number of likely N-dealkylation sites (tertiary alicyclic amines) is 1. The van der Waals surface area contributed by atoms with E-state index in [1.54, 1.807) is 7.11 Å². The van der Waals surface area contributed by atoms with E-state index in [1.165, 1.54) is 0 Å². The Morgan fingerprint density at radius 2 is 2.00 bits per heavy atom. The van der Waals surface area contributed by atoms with Crippen molar-refractivity contribution in [1.82, 2.24) is 4.90 Å². The first kappa shape index (κ1) is 19.5. The normalized spacial score (nSPS) is 16.9. The molecule has 27 heavy (non-hydrogen) atoms. The van der Waals surface area contributed by atoms with Gasteiger partial charge in [0.1, 0.15) is 17.3 Å². The number of aryl methyl sites for hydroxylation is 1. The smallest absolute Gasteiger partial charge is 0.312 e. The van der Waals surface area contributed by atoms with Crippen LogP contribution in [0.3, 0.4) is 0 Å². The van der Waals surface area contributed by atoms with Gasteiger partial charge in [-0.3, -0.25) is 9.69 Å². The predicted molar refractivity (Wildman–Crippen MR) is 104 cm³/mol. The second-order valence-electron chi connectivity index (χ2n) is 7.32. The first-order valence-electron chi connectivity index (χ1n) is 9.62. The Hall–Kier alpha value is -2.27. The van der Waals surface area contributed by atoms with Crippen molar-refractivity contribution >= 4 is 5.97 Å². The summed E-state index contributed by atoms with van der Waals surface area (Å²) in [6.07, 6.45) is 2.24. The van der Waals surface area contributed by atoms with Crippen molar-refractivity contribution in [1.29, 1.82) is 0 Å². The molecular formula is C22H29NO4. The van der Waals surface area contributed by atoms with Gasteiger partial charge in [-0.25, -0.2) is 0 Å². The lowest BCUT2D eigenvalue weighted by Gasteiger charge is -2.39. The average molecular weight is 371 g/mol. The molecule has 0 unspecified atom stereocenters. The molecule has 1 aliphatic rings. The summed E-state index contributed by atoms with van der Waals surface area (Å²) < 4.78 is 16.5. The Bertz CT molecular complexity index is 759. The van der Waals surface area contributed by atoms with Crippen molar-refractivity contribution in [3.8, 4) is 5.75 Å². The van der Waals surface area contributed by atoms with E-state index in [0.29, 0.717) is 13.0 Å². The minimum absolute atomic E-state index is 0.0821. The number of carbonyl (C=O) groups is 1. The molecule has 2 heterocycles. The molecule has 3 rings (SSSR count). The number of carbonyl (C=O) groups excluding carboxylic acids is 1. The van der Waals surface area contributed by atoms with E-state index in [4.69, 9.17) is 13.9 Å². The summed E-state index contributed by atoms with van der Waals surface area (Å²) in [6, 6.07) is 12.0. The van der Waals surface area contributed by atoms with Gasteiger partial charge in [-0.1, -0.05) is 12.1 Å². The molecule has 0 spiro atoms. The number of piperidine rings is 1. The average Bonchev–Trinajstić information content (AvgIpc) is 3.08. The molecule has 0 bridgehead atoms. The van der Waals surface area contributed by atoms with Crippen LogP contribution < -0.4 is 4.74 Å². The van der Waals surface area contributed by atoms with Gasteiger partial charge >= 0.3 is 5.97 Å². The Morgan fingerprint density at radius 1 is 1.22 bits per heavy atom. The highest BCUT2D eigenvalue weighted by atomic mass is 16.5. The molecule has 5 heteroatoms. The standard InChI is InChI=1S/C22H29NO4/c1-4-26-21(24)22(15-18-6-5-7-19(14-18)25-3)10-12-23(13-11-22)16-20-9-8-17(2)27-20/h5-9,14H,4,10-13,15-16H2,1-3H3. The highest BCUT2D eigenvalue weighted by Gasteiger charge is 2.42. The second-order valence-corrected chi connectivity index (χ2v) is 7.32. The Morgan fingerprint density at radius 3 is 2.63 bits per heavy atom. The summed E-state index contributed by atoms with van der Waals surface area (Å²) in [5.41, 5.74) is 0.635. The number of furan rings is 1. The molecule has 1 saturated heterocycles. The van der Waals surface area contributed by atoms with Crippen LogP contribution in [-0.4, -0.2) is 37.7 Å². The van der Waals surface area contributed by atoms with E-state index in [9.17, 15) is 4.79 Å². The fourth-order valence-electron chi connectivity index (χ4n) is 3.84. The minimum atomic E-state index is -0.474. The largest absolute Gasteiger partial charge is 0.497 e. The van der Waals surface area contributed by atoms with Crippen molar-refractivity contribution in [2.24, 2.45) is 5.41 Å². The molecule has 1 aliphatic heterocycles. The van der Waals surface area contributed by atoms with Crippen LogP contribution in [0.4, 0.5) is 0 Å². The molecule has 1 fully saturated rings. The van der Waals surface area contributed by atoms with Crippen LogP contribution in [0.5, 0.6) is 5.75 Å². The van der Waals surface area contributed by atoms with E-state index >= 15 is 0 Å². The monoisotopic (exact) mass is 371 g/mol. The van der Waals surface area contributed by atoms with E-state index in [2.05, 4.69) is 11.0 Å². The van der Waals surface area contributed by atoms with Gasteiger partial charge in [0, 0.05) is 0 Å². The number of hydrogen-bond donors (Lipinski definition) is 0. The zero-order chi connectivity index (χ0) is 19.3. The summed E-state index contributed by atoms with van der Waals surface area (Å²) >= 11 is 0. The van der Waals surface area contributed by atoms with Gasteiger partial charge in [-0.15, -0.1) is 0 Å². The van der Waals surface area contributed by atoms with Crippen molar-refractivity contribution in [3.05, 3.63) is 53.5 Å². The summed E-state index contributed by atoms with van der Waals surface area (Å²) in [7, 11) is 1.66.